The van der Waals surface area contributed by atoms with E-state index >= 15 is 0 Å². The lowest BCUT2D eigenvalue weighted by molar-refractivity contribution is -0.115. The van der Waals surface area contributed by atoms with Crippen molar-refractivity contribution in [1.82, 2.24) is 5.32 Å². The van der Waals surface area contributed by atoms with Crippen molar-refractivity contribution >= 4 is 29.4 Å². The normalized spacial score (nSPS) is 16.1. The predicted octanol–water partition coefficient (Wildman–Crippen LogP) is 3.26. The molecule has 1 aliphatic heterocycles. The number of benzene rings is 2. The highest BCUT2D eigenvalue weighted by atomic mass is 35.5. The van der Waals surface area contributed by atoms with E-state index in [2.05, 4.69) is 10.3 Å². The molecule has 4 heteroatoms. The maximum atomic E-state index is 11.9. The third-order valence-corrected chi connectivity index (χ3v) is 3.17. The van der Waals surface area contributed by atoms with Crippen LogP contribution in [0.2, 0.25) is 5.02 Å². The Hall–Kier alpha value is -2.39. The van der Waals surface area contributed by atoms with Gasteiger partial charge in [-0.05, 0) is 23.8 Å². The van der Waals surface area contributed by atoms with Gasteiger partial charge >= 0.3 is 0 Å². The molecule has 1 N–H and O–H groups in total. The quantitative estimate of drug-likeness (QED) is 0.844. The number of carbonyl (C=O) groups excluding carboxylic acids is 1. The van der Waals surface area contributed by atoms with Crippen LogP contribution in [-0.2, 0) is 4.79 Å². The van der Waals surface area contributed by atoms with Gasteiger partial charge in [-0.15, -0.1) is 0 Å². The van der Waals surface area contributed by atoms with E-state index in [0.717, 1.165) is 11.1 Å². The molecule has 0 saturated carbocycles. The second kappa shape index (κ2) is 5.31. The van der Waals surface area contributed by atoms with Crippen LogP contribution in [0.1, 0.15) is 11.1 Å². The number of amidine groups is 1. The lowest BCUT2D eigenvalue weighted by atomic mass is 10.2. The Bertz CT molecular complexity index is 703. The fourth-order valence-corrected chi connectivity index (χ4v) is 2.04. The number of rotatable bonds is 2. The second-order valence-electron chi connectivity index (χ2n) is 4.36. The molecule has 20 heavy (non-hydrogen) atoms. The molecule has 0 aromatic heterocycles. The number of nitrogens with one attached hydrogen (secondary N) is 1. The first-order valence-electron chi connectivity index (χ1n) is 6.15. The van der Waals surface area contributed by atoms with Gasteiger partial charge in [-0.1, -0.05) is 54.1 Å². The molecule has 2 aromatic carbocycles. The monoisotopic (exact) mass is 282 g/mol. The summed E-state index contributed by atoms with van der Waals surface area (Å²) in [6, 6.07) is 16.8. The summed E-state index contributed by atoms with van der Waals surface area (Å²) in [5.41, 5.74) is 2.17. The summed E-state index contributed by atoms with van der Waals surface area (Å²) in [6.45, 7) is 0. The summed E-state index contributed by atoms with van der Waals surface area (Å²) in [7, 11) is 0. The van der Waals surface area contributed by atoms with Crippen molar-refractivity contribution in [1.29, 1.82) is 0 Å². The summed E-state index contributed by atoms with van der Waals surface area (Å²) >= 11 is 5.83. The molecule has 1 aliphatic rings. The van der Waals surface area contributed by atoms with Gasteiger partial charge in [0.05, 0.1) is 0 Å². The molecule has 1 amide bonds. The van der Waals surface area contributed by atoms with E-state index in [4.69, 9.17) is 11.6 Å². The molecule has 0 radical (unpaired) electrons. The fraction of sp³-hybridized carbons (Fsp3) is 0. The molecule has 0 saturated heterocycles. The second-order valence-corrected chi connectivity index (χ2v) is 4.80. The molecule has 0 atom stereocenters. The predicted molar refractivity (Wildman–Crippen MR) is 80.6 cm³/mol. The van der Waals surface area contributed by atoms with Crippen LogP contribution in [0.15, 0.2) is 65.3 Å². The van der Waals surface area contributed by atoms with Crippen molar-refractivity contribution in [2.45, 2.75) is 0 Å². The zero-order valence-corrected chi connectivity index (χ0v) is 11.3. The van der Waals surface area contributed by atoms with Crippen molar-refractivity contribution in [3.8, 4) is 0 Å². The van der Waals surface area contributed by atoms with Gasteiger partial charge in [0.25, 0.3) is 5.91 Å². The minimum absolute atomic E-state index is 0.196. The summed E-state index contributed by atoms with van der Waals surface area (Å²) in [4.78, 5) is 16.3. The average Bonchev–Trinajstić information content (AvgIpc) is 2.84. The maximum Gasteiger partial charge on any atom is 0.275 e. The van der Waals surface area contributed by atoms with Crippen LogP contribution in [-0.4, -0.2) is 11.7 Å². The first-order valence-corrected chi connectivity index (χ1v) is 6.53. The Labute approximate surface area is 121 Å². The van der Waals surface area contributed by atoms with Gasteiger partial charge in [-0.25, -0.2) is 4.99 Å². The van der Waals surface area contributed by atoms with Gasteiger partial charge in [-0.3, -0.25) is 4.79 Å². The van der Waals surface area contributed by atoms with E-state index < -0.39 is 0 Å². The molecule has 1 heterocycles. The molecule has 0 unspecified atom stereocenters. The van der Waals surface area contributed by atoms with Crippen molar-refractivity contribution in [3.05, 3.63) is 76.4 Å². The minimum Gasteiger partial charge on any atom is -0.305 e. The van der Waals surface area contributed by atoms with E-state index in [1.54, 1.807) is 18.2 Å². The molecular formula is C16H11ClN2O. The summed E-state index contributed by atoms with van der Waals surface area (Å²) in [5, 5.41) is 3.43. The van der Waals surface area contributed by atoms with Crippen LogP contribution in [0.5, 0.6) is 0 Å². The van der Waals surface area contributed by atoms with Gasteiger partial charge in [0.2, 0.25) is 0 Å². The van der Waals surface area contributed by atoms with Gasteiger partial charge in [0.1, 0.15) is 11.5 Å². The molecule has 0 fully saturated rings. The maximum absolute atomic E-state index is 11.9. The average molecular weight is 283 g/mol. The Balaban J connectivity index is 1.92. The molecule has 98 valence electrons. The van der Waals surface area contributed by atoms with Crippen molar-refractivity contribution in [3.63, 3.8) is 0 Å². The van der Waals surface area contributed by atoms with E-state index in [1.807, 2.05) is 42.5 Å². The van der Waals surface area contributed by atoms with Crippen LogP contribution >= 0.6 is 11.6 Å². The van der Waals surface area contributed by atoms with Gasteiger partial charge < -0.3 is 5.32 Å². The Morgan fingerprint density at radius 2 is 1.70 bits per heavy atom. The standard InChI is InChI=1S/C16H11ClN2O/c17-13-8-6-11(7-9-13)10-14-16(20)19-15(18-14)12-4-2-1-3-5-12/h1-10H,(H,18,19,20)/b14-10-. The highest BCUT2D eigenvalue weighted by molar-refractivity contribution is 6.30. The molecule has 0 spiro atoms. The van der Waals surface area contributed by atoms with Crippen LogP contribution < -0.4 is 5.32 Å². The molecule has 3 nitrogen and oxygen atoms in total. The molecular weight excluding hydrogens is 272 g/mol. The number of amides is 1. The van der Waals surface area contributed by atoms with E-state index in [9.17, 15) is 4.79 Å². The Kier molecular flexibility index (Phi) is 3.35. The van der Waals surface area contributed by atoms with Gasteiger partial charge in [-0.2, -0.15) is 0 Å². The zero-order valence-electron chi connectivity index (χ0n) is 10.5. The van der Waals surface area contributed by atoms with E-state index in [0.29, 0.717) is 16.6 Å². The lowest BCUT2D eigenvalue weighted by Gasteiger charge is -1.98. The number of hydrogen-bond donors (Lipinski definition) is 1. The SMILES string of the molecule is O=C1NC(c2ccccc2)=N/C1=C\c1ccc(Cl)cc1. The smallest absolute Gasteiger partial charge is 0.275 e. The van der Waals surface area contributed by atoms with Crippen LogP contribution in [0, 0.1) is 0 Å². The summed E-state index contributed by atoms with van der Waals surface area (Å²) in [5.74, 6) is 0.384. The largest absolute Gasteiger partial charge is 0.305 e. The summed E-state index contributed by atoms with van der Waals surface area (Å²) < 4.78 is 0. The van der Waals surface area contributed by atoms with Crippen molar-refractivity contribution in [2.75, 3.05) is 0 Å². The van der Waals surface area contributed by atoms with Gasteiger partial charge in [0.15, 0.2) is 0 Å². The molecule has 0 bridgehead atoms. The fourth-order valence-electron chi connectivity index (χ4n) is 1.92. The minimum atomic E-state index is -0.196. The first kappa shape index (κ1) is 12.6. The third kappa shape index (κ3) is 2.63. The molecule has 3 rings (SSSR count). The first-order chi connectivity index (χ1) is 9.72. The Morgan fingerprint density at radius 1 is 1.00 bits per heavy atom. The van der Waals surface area contributed by atoms with Crippen molar-refractivity contribution < 1.29 is 4.79 Å². The van der Waals surface area contributed by atoms with Crippen LogP contribution in [0.4, 0.5) is 0 Å². The number of nitrogens with zero attached hydrogens (tertiary/aromatic N) is 1. The number of carbonyl (C=O) groups is 1. The number of halogens is 1. The molecule has 2 aromatic rings. The van der Waals surface area contributed by atoms with Crippen molar-refractivity contribution in [2.24, 2.45) is 4.99 Å². The lowest BCUT2D eigenvalue weighted by Crippen LogP contribution is -2.24. The summed E-state index contributed by atoms with van der Waals surface area (Å²) in [6.07, 6.45) is 1.74. The third-order valence-electron chi connectivity index (χ3n) is 2.92. The van der Waals surface area contributed by atoms with E-state index in [1.165, 1.54) is 0 Å². The molecule has 0 aliphatic carbocycles. The number of hydrogen-bond acceptors (Lipinski definition) is 2. The topological polar surface area (TPSA) is 41.5 Å². The number of aliphatic imine (C=N–C) groups is 1. The van der Waals surface area contributed by atoms with Crippen LogP contribution in [0.25, 0.3) is 6.08 Å². The van der Waals surface area contributed by atoms with E-state index in [-0.39, 0.29) is 5.91 Å². The zero-order chi connectivity index (χ0) is 13.9. The highest BCUT2D eigenvalue weighted by Crippen LogP contribution is 2.16. The Morgan fingerprint density at radius 3 is 2.40 bits per heavy atom. The van der Waals surface area contributed by atoms with Crippen LogP contribution in [0.3, 0.4) is 0 Å². The highest BCUT2D eigenvalue weighted by Gasteiger charge is 2.20. The van der Waals surface area contributed by atoms with Gasteiger partial charge in [0, 0.05) is 10.6 Å².